The summed E-state index contributed by atoms with van der Waals surface area (Å²) in [6.45, 7) is 2.89. The zero-order chi connectivity index (χ0) is 31.0. The maximum atomic E-state index is 13.6. The molecule has 2 aromatic carbocycles. The minimum Gasteiger partial charge on any atom is -0.507 e. The SMILES string of the molecule is CCCCCCCCCCCCCCCCCCn1c(-c2ccc(O)c(OC)c2)c(OC)c(=O)c2c(O)cc(OC)cc21. The molecule has 7 heteroatoms. The van der Waals surface area contributed by atoms with Crippen LogP contribution in [0.1, 0.15) is 110 Å². The van der Waals surface area contributed by atoms with Crippen LogP contribution >= 0.6 is 0 Å². The lowest BCUT2D eigenvalue weighted by Gasteiger charge is -2.21. The Morgan fingerprint density at radius 2 is 1.21 bits per heavy atom. The second kappa shape index (κ2) is 18.3. The molecule has 0 aliphatic heterocycles. The van der Waals surface area contributed by atoms with Gasteiger partial charge in [-0.25, -0.2) is 0 Å². The van der Waals surface area contributed by atoms with Gasteiger partial charge in [0, 0.05) is 24.2 Å². The van der Waals surface area contributed by atoms with Crippen LogP contribution in [-0.2, 0) is 6.54 Å². The molecule has 1 heterocycles. The summed E-state index contributed by atoms with van der Waals surface area (Å²) >= 11 is 0. The molecule has 1 aromatic heterocycles. The number of unbranched alkanes of at least 4 members (excludes halogenated alkanes) is 15. The Balaban J connectivity index is 1.63. The smallest absolute Gasteiger partial charge is 0.235 e. The van der Waals surface area contributed by atoms with E-state index >= 15 is 0 Å². The Hall–Kier alpha value is -3.35. The Bertz CT molecular complexity index is 1330. The number of hydrogen-bond donors (Lipinski definition) is 2. The molecule has 0 saturated heterocycles. The number of aryl methyl sites for hydroxylation is 1. The van der Waals surface area contributed by atoms with Crippen molar-refractivity contribution in [2.75, 3.05) is 21.3 Å². The van der Waals surface area contributed by atoms with E-state index in [1.807, 2.05) is 4.57 Å². The van der Waals surface area contributed by atoms with Gasteiger partial charge in [-0.3, -0.25) is 4.79 Å². The van der Waals surface area contributed by atoms with Crippen LogP contribution < -0.4 is 19.6 Å². The first-order valence-corrected chi connectivity index (χ1v) is 16.4. The van der Waals surface area contributed by atoms with E-state index in [0.29, 0.717) is 34.8 Å². The van der Waals surface area contributed by atoms with Crippen LogP contribution in [0.15, 0.2) is 35.1 Å². The highest BCUT2D eigenvalue weighted by Crippen LogP contribution is 2.39. The lowest BCUT2D eigenvalue weighted by molar-refractivity contribution is 0.373. The monoisotopic (exact) mass is 595 g/mol. The Labute approximate surface area is 257 Å². The predicted octanol–water partition coefficient (Wildman–Crippen LogP) is 9.37. The fourth-order valence-electron chi connectivity index (χ4n) is 5.97. The van der Waals surface area contributed by atoms with E-state index in [4.69, 9.17) is 14.2 Å². The van der Waals surface area contributed by atoms with Gasteiger partial charge in [0.15, 0.2) is 17.2 Å². The number of aromatic nitrogens is 1. The third-order valence-electron chi connectivity index (χ3n) is 8.41. The Morgan fingerprint density at radius 1 is 0.651 bits per heavy atom. The van der Waals surface area contributed by atoms with Crippen molar-refractivity contribution in [1.82, 2.24) is 4.57 Å². The molecule has 0 radical (unpaired) electrons. The van der Waals surface area contributed by atoms with Gasteiger partial charge >= 0.3 is 0 Å². The van der Waals surface area contributed by atoms with Gasteiger partial charge in [-0.15, -0.1) is 0 Å². The fraction of sp³-hybridized carbons (Fsp3) is 0.583. The molecular weight excluding hydrogens is 542 g/mol. The van der Waals surface area contributed by atoms with Crippen molar-refractivity contribution in [3.05, 3.63) is 40.6 Å². The van der Waals surface area contributed by atoms with Crippen molar-refractivity contribution in [3.8, 4) is 40.0 Å². The number of phenols is 2. The molecule has 0 atom stereocenters. The molecule has 0 spiro atoms. The summed E-state index contributed by atoms with van der Waals surface area (Å²) in [5.41, 5.74) is 1.42. The number of methoxy groups -OCH3 is 3. The summed E-state index contributed by atoms with van der Waals surface area (Å²) < 4.78 is 18.4. The minimum absolute atomic E-state index is 0.0111. The summed E-state index contributed by atoms with van der Waals surface area (Å²) in [5.74, 6) is 0.765. The van der Waals surface area contributed by atoms with Gasteiger partial charge in [0.25, 0.3) is 0 Å². The quantitative estimate of drug-likeness (QED) is 0.119. The van der Waals surface area contributed by atoms with Crippen LogP contribution in [0.25, 0.3) is 22.2 Å². The molecule has 0 unspecified atom stereocenters. The highest BCUT2D eigenvalue weighted by Gasteiger charge is 2.23. The molecule has 0 aliphatic carbocycles. The van der Waals surface area contributed by atoms with E-state index in [2.05, 4.69) is 6.92 Å². The van der Waals surface area contributed by atoms with Gasteiger partial charge in [-0.05, 0) is 24.6 Å². The van der Waals surface area contributed by atoms with E-state index in [9.17, 15) is 15.0 Å². The van der Waals surface area contributed by atoms with E-state index in [0.717, 1.165) is 19.3 Å². The van der Waals surface area contributed by atoms with Crippen LogP contribution in [0.4, 0.5) is 0 Å². The summed E-state index contributed by atoms with van der Waals surface area (Å²) in [7, 11) is 4.49. The van der Waals surface area contributed by atoms with E-state index < -0.39 is 5.43 Å². The molecule has 3 aromatic rings. The molecule has 0 bridgehead atoms. The lowest BCUT2D eigenvalue weighted by Crippen LogP contribution is -2.16. The highest BCUT2D eigenvalue weighted by atomic mass is 16.5. The maximum Gasteiger partial charge on any atom is 0.235 e. The van der Waals surface area contributed by atoms with Crippen molar-refractivity contribution in [2.24, 2.45) is 0 Å². The zero-order valence-corrected chi connectivity index (χ0v) is 26.9. The summed E-state index contributed by atoms with van der Waals surface area (Å²) in [5, 5.41) is 21.2. The van der Waals surface area contributed by atoms with Gasteiger partial charge < -0.3 is 29.0 Å². The third kappa shape index (κ3) is 9.57. The predicted molar refractivity (Wildman–Crippen MR) is 176 cm³/mol. The molecule has 3 rings (SSSR count). The molecule has 0 amide bonds. The number of rotatable bonds is 21. The number of fused-ring (bicyclic) bond motifs is 1. The summed E-state index contributed by atoms with van der Waals surface area (Å²) in [6, 6.07) is 8.22. The first-order valence-electron chi connectivity index (χ1n) is 16.4. The van der Waals surface area contributed by atoms with E-state index in [1.165, 1.54) is 111 Å². The first-order chi connectivity index (χ1) is 21.0. The topological polar surface area (TPSA) is 90.2 Å². The highest BCUT2D eigenvalue weighted by molar-refractivity contribution is 5.91. The van der Waals surface area contributed by atoms with Crippen LogP contribution in [0.5, 0.6) is 28.7 Å². The first kappa shape index (κ1) is 34.1. The number of nitrogens with zero attached hydrogens (tertiary/aromatic N) is 1. The van der Waals surface area contributed by atoms with Crippen molar-refractivity contribution < 1.29 is 24.4 Å². The van der Waals surface area contributed by atoms with Gasteiger partial charge in [0.2, 0.25) is 5.43 Å². The van der Waals surface area contributed by atoms with Crippen LogP contribution in [0.2, 0.25) is 0 Å². The van der Waals surface area contributed by atoms with Crippen molar-refractivity contribution in [1.29, 1.82) is 0 Å². The molecule has 2 N–H and O–H groups in total. The fourth-order valence-corrected chi connectivity index (χ4v) is 5.97. The molecular formula is C36H53NO6. The van der Waals surface area contributed by atoms with Crippen molar-refractivity contribution in [3.63, 3.8) is 0 Å². The maximum absolute atomic E-state index is 13.6. The van der Waals surface area contributed by atoms with Crippen LogP contribution in [-0.4, -0.2) is 36.1 Å². The molecule has 0 saturated carbocycles. The zero-order valence-electron chi connectivity index (χ0n) is 26.9. The largest absolute Gasteiger partial charge is 0.507 e. The molecule has 238 valence electrons. The van der Waals surface area contributed by atoms with Crippen molar-refractivity contribution >= 4 is 10.9 Å². The molecule has 43 heavy (non-hydrogen) atoms. The van der Waals surface area contributed by atoms with Crippen molar-refractivity contribution in [2.45, 2.75) is 116 Å². The molecule has 0 fully saturated rings. The Kier molecular flexibility index (Phi) is 14.6. The number of phenolic OH excluding ortho intramolecular Hbond substituents is 2. The Morgan fingerprint density at radius 3 is 1.72 bits per heavy atom. The van der Waals surface area contributed by atoms with Gasteiger partial charge in [-0.1, -0.05) is 103 Å². The molecule has 0 aliphatic rings. The van der Waals surface area contributed by atoms with Gasteiger partial charge in [0.05, 0.1) is 37.9 Å². The number of ether oxygens (including phenoxy) is 3. The average molecular weight is 596 g/mol. The normalized spacial score (nSPS) is 11.3. The number of benzene rings is 2. The van der Waals surface area contributed by atoms with Gasteiger partial charge in [0.1, 0.15) is 11.5 Å². The van der Waals surface area contributed by atoms with Crippen LogP contribution in [0, 0.1) is 0 Å². The lowest BCUT2D eigenvalue weighted by atomic mass is 10.0. The number of aromatic hydroxyl groups is 2. The second-order valence-corrected chi connectivity index (χ2v) is 11.6. The summed E-state index contributed by atoms with van der Waals surface area (Å²) in [6.07, 6.45) is 20.7. The average Bonchev–Trinajstić information content (AvgIpc) is 3.01. The standard InChI is InChI=1S/C36H53NO6/c1-5-6-7-8-9-10-11-12-13-14-15-16-17-18-19-20-23-37-29-25-28(41-2)26-31(39)33(29)35(40)36(43-4)34(37)27-21-22-30(38)32(24-27)42-3/h21-22,24-26,38-39H,5-20,23H2,1-4H3. The number of hydrogen-bond acceptors (Lipinski definition) is 6. The number of pyridine rings is 1. The van der Waals surface area contributed by atoms with E-state index in [1.54, 1.807) is 24.3 Å². The van der Waals surface area contributed by atoms with Crippen LogP contribution in [0.3, 0.4) is 0 Å². The minimum atomic E-state index is -0.400. The second-order valence-electron chi connectivity index (χ2n) is 11.6. The molecule has 7 nitrogen and oxygen atoms in total. The van der Waals surface area contributed by atoms with Gasteiger partial charge in [-0.2, -0.15) is 0 Å². The van der Waals surface area contributed by atoms with E-state index in [-0.39, 0.29) is 22.6 Å². The third-order valence-corrected chi connectivity index (χ3v) is 8.41. The summed E-state index contributed by atoms with van der Waals surface area (Å²) in [4.78, 5) is 13.6.